The quantitative estimate of drug-likeness (QED) is 0.563. The van der Waals surface area contributed by atoms with Crippen LogP contribution in [0, 0.1) is 0 Å². The molecule has 0 bridgehead atoms. The Hall–Kier alpha value is -3.48. The number of nitrogens with zero attached hydrogens (tertiary/aromatic N) is 2. The lowest BCUT2D eigenvalue weighted by molar-refractivity contribution is -0.163. The summed E-state index contributed by atoms with van der Waals surface area (Å²) in [6.45, 7) is 2.67. The molecule has 0 aromatic heterocycles. The molecule has 2 atom stereocenters. The molecule has 1 fully saturated rings. The Bertz CT molecular complexity index is 963. The molecule has 0 aliphatic carbocycles. The highest BCUT2D eigenvalue weighted by molar-refractivity contribution is 6.22. The first kappa shape index (κ1) is 19.8. The van der Waals surface area contributed by atoms with E-state index in [0.717, 1.165) is 17.7 Å². The summed E-state index contributed by atoms with van der Waals surface area (Å²) in [5, 5.41) is 0. The van der Waals surface area contributed by atoms with Crippen LogP contribution in [0.2, 0.25) is 0 Å². The lowest BCUT2D eigenvalue weighted by Gasteiger charge is -2.26. The van der Waals surface area contributed by atoms with E-state index >= 15 is 0 Å². The highest BCUT2D eigenvalue weighted by Crippen LogP contribution is 2.27. The smallest absolute Gasteiger partial charge is 0.330 e. The molecule has 154 valence electrons. The minimum atomic E-state index is -1.16. The van der Waals surface area contributed by atoms with Gasteiger partial charge in [0.25, 0.3) is 17.7 Å². The van der Waals surface area contributed by atoms with Crippen molar-refractivity contribution in [1.29, 1.82) is 0 Å². The standard InChI is InChI=1S/C23H22N2O5/c1-15(25-20(26)17-11-5-6-12-18(17)21(25)27)23(29)30-19(16-9-3-2-4-10-16)22(28)24-13-7-8-14-24/h2-6,9-12,15,19H,7-8,13-14H2,1H3/t15-,19+/m0/s1. The molecule has 0 saturated carbocycles. The van der Waals surface area contributed by atoms with E-state index in [9.17, 15) is 19.2 Å². The van der Waals surface area contributed by atoms with Crippen LogP contribution in [0.4, 0.5) is 0 Å². The Morgan fingerprint density at radius 3 is 1.97 bits per heavy atom. The van der Waals surface area contributed by atoms with Crippen molar-refractivity contribution in [3.05, 3.63) is 71.3 Å². The van der Waals surface area contributed by atoms with Crippen molar-refractivity contribution in [1.82, 2.24) is 9.80 Å². The fourth-order valence-corrected chi connectivity index (χ4v) is 3.87. The van der Waals surface area contributed by atoms with Crippen LogP contribution in [0.5, 0.6) is 0 Å². The van der Waals surface area contributed by atoms with Gasteiger partial charge in [-0.3, -0.25) is 19.3 Å². The molecule has 4 rings (SSSR count). The Morgan fingerprint density at radius 1 is 0.867 bits per heavy atom. The summed E-state index contributed by atoms with van der Waals surface area (Å²) in [4.78, 5) is 53.9. The van der Waals surface area contributed by atoms with Gasteiger partial charge in [0, 0.05) is 18.7 Å². The van der Waals surface area contributed by atoms with Crippen LogP contribution in [0.1, 0.15) is 52.1 Å². The average molecular weight is 406 g/mol. The van der Waals surface area contributed by atoms with E-state index in [1.54, 1.807) is 53.4 Å². The van der Waals surface area contributed by atoms with Crippen molar-refractivity contribution in [3.8, 4) is 0 Å². The lowest BCUT2D eigenvalue weighted by Crippen LogP contribution is -2.45. The second kappa shape index (κ2) is 8.10. The largest absolute Gasteiger partial charge is 0.446 e. The van der Waals surface area contributed by atoms with Crippen LogP contribution in [0.15, 0.2) is 54.6 Å². The van der Waals surface area contributed by atoms with Crippen molar-refractivity contribution >= 4 is 23.7 Å². The van der Waals surface area contributed by atoms with Crippen molar-refractivity contribution in [2.24, 2.45) is 0 Å². The molecule has 7 heteroatoms. The number of esters is 1. The number of hydrogen-bond donors (Lipinski definition) is 0. The van der Waals surface area contributed by atoms with Crippen LogP contribution in [0.3, 0.4) is 0 Å². The zero-order valence-electron chi connectivity index (χ0n) is 16.6. The topological polar surface area (TPSA) is 84.0 Å². The molecule has 2 heterocycles. The van der Waals surface area contributed by atoms with Crippen molar-refractivity contribution in [2.75, 3.05) is 13.1 Å². The highest BCUT2D eigenvalue weighted by atomic mass is 16.6. The van der Waals surface area contributed by atoms with Crippen LogP contribution in [-0.4, -0.2) is 52.6 Å². The summed E-state index contributed by atoms with van der Waals surface area (Å²) in [6, 6.07) is 14.1. The zero-order chi connectivity index (χ0) is 21.3. The summed E-state index contributed by atoms with van der Waals surface area (Å²) in [6.07, 6.45) is 0.702. The maximum absolute atomic E-state index is 13.0. The van der Waals surface area contributed by atoms with E-state index in [2.05, 4.69) is 0 Å². The monoisotopic (exact) mass is 406 g/mol. The Morgan fingerprint density at radius 2 is 1.40 bits per heavy atom. The average Bonchev–Trinajstić information content (AvgIpc) is 3.39. The summed E-state index contributed by atoms with van der Waals surface area (Å²) in [5.41, 5.74) is 1.07. The summed E-state index contributed by atoms with van der Waals surface area (Å²) >= 11 is 0. The van der Waals surface area contributed by atoms with Gasteiger partial charge in [0.1, 0.15) is 6.04 Å². The van der Waals surface area contributed by atoms with Gasteiger partial charge in [0.2, 0.25) is 6.10 Å². The maximum atomic E-state index is 13.0. The number of ether oxygens (including phenoxy) is 1. The molecule has 30 heavy (non-hydrogen) atoms. The van der Waals surface area contributed by atoms with Crippen molar-refractivity contribution in [2.45, 2.75) is 31.9 Å². The van der Waals surface area contributed by atoms with Crippen molar-refractivity contribution < 1.29 is 23.9 Å². The van der Waals surface area contributed by atoms with E-state index in [0.29, 0.717) is 18.7 Å². The van der Waals surface area contributed by atoms with Crippen LogP contribution in [0.25, 0.3) is 0 Å². The van der Waals surface area contributed by atoms with Gasteiger partial charge in [-0.15, -0.1) is 0 Å². The normalized spacial score (nSPS) is 17.6. The lowest BCUT2D eigenvalue weighted by atomic mass is 10.1. The van der Waals surface area contributed by atoms with E-state index in [4.69, 9.17) is 4.74 Å². The van der Waals surface area contributed by atoms with E-state index in [1.165, 1.54) is 6.92 Å². The molecular formula is C23H22N2O5. The Kier molecular flexibility index (Phi) is 5.35. The summed E-state index contributed by atoms with van der Waals surface area (Å²) in [5.74, 6) is -2.17. The predicted octanol–water partition coefficient (Wildman–Crippen LogP) is 2.58. The summed E-state index contributed by atoms with van der Waals surface area (Å²) < 4.78 is 5.60. The number of hydrogen-bond acceptors (Lipinski definition) is 5. The maximum Gasteiger partial charge on any atom is 0.330 e. The van der Waals surface area contributed by atoms with E-state index in [-0.39, 0.29) is 17.0 Å². The molecule has 2 aliphatic rings. The number of imide groups is 1. The van der Waals surface area contributed by atoms with Gasteiger partial charge in [-0.1, -0.05) is 42.5 Å². The second-order valence-electron chi connectivity index (χ2n) is 7.46. The third-order valence-electron chi connectivity index (χ3n) is 5.53. The van der Waals surface area contributed by atoms with Gasteiger partial charge >= 0.3 is 5.97 Å². The summed E-state index contributed by atoms with van der Waals surface area (Å²) in [7, 11) is 0. The molecular weight excluding hydrogens is 384 g/mol. The third kappa shape index (κ3) is 3.47. The molecule has 7 nitrogen and oxygen atoms in total. The molecule has 0 spiro atoms. The molecule has 0 unspecified atom stereocenters. The van der Waals surface area contributed by atoms with Gasteiger partial charge < -0.3 is 9.64 Å². The molecule has 1 saturated heterocycles. The molecule has 2 aromatic rings. The second-order valence-corrected chi connectivity index (χ2v) is 7.46. The number of likely N-dealkylation sites (tertiary alicyclic amines) is 1. The number of amides is 3. The van der Waals surface area contributed by atoms with E-state index < -0.39 is 29.9 Å². The third-order valence-corrected chi connectivity index (χ3v) is 5.53. The first-order chi connectivity index (χ1) is 14.5. The first-order valence-electron chi connectivity index (χ1n) is 10.00. The van der Waals surface area contributed by atoms with Gasteiger partial charge in [-0.2, -0.15) is 0 Å². The van der Waals surface area contributed by atoms with Gasteiger partial charge in [0.05, 0.1) is 11.1 Å². The first-order valence-corrected chi connectivity index (χ1v) is 10.00. The minimum absolute atomic E-state index is 0.259. The Labute approximate surface area is 174 Å². The fraction of sp³-hybridized carbons (Fsp3) is 0.304. The van der Waals surface area contributed by atoms with Crippen molar-refractivity contribution in [3.63, 3.8) is 0 Å². The van der Waals surface area contributed by atoms with Gasteiger partial charge in [0.15, 0.2) is 0 Å². The van der Waals surface area contributed by atoms with Gasteiger partial charge in [-0.25, -0.2) is 4.79 Å². The Balaban J connectivity index is 1.56. The van der Waals surface area contributed by atoms with Gasteiger partial charge in [-0.05, 0) is 31.9 Å². The molecule has 2 aromatic carbocycles. The number of carbonyl (C=O) groups excluding carboxylic acids is 4. The van der Waals surface area contributed by atoms with E-state index in [1.807, 2.05) is 6.07 Å². The molecule has 0 radical (unpaired) electrons. The van der Waals surface area contributed by atoms with Crippen LogP contribution < -0.4 is 0 Å². The predicted molar refractivity (Wildman–Crippen MR) is 107 cm³/mol. The molecule has 3 amide bonds. The molecule has 0 N–H and O–H groups in total. The minimum Gasteiger partial charge on any atom is -0.446 e. The molecule has 2 aliphatic heterocycles. The fourth-order valence-electron chi connectivity index (χ4n) is 3.87. The highest BCUT2D eigenvalue weighted by Gasteiger charge is 2.42. The SMILES string of the molecule is C[C@@H](C(=O)O[C@@H](C(=O)N1CCCC1)c1ccccc1)N1C(=O)c2ccccc2C1=O. The number of benzene rings is 2. The number of fused-ring (bicyclic) bond motifs is 1. The van der Waals surface area contributed by atoms with Crippen LogP contribution >= 0.6 is 0 Å². The number of rotatable bonds is 5. The number of carbonyl (C=O) groups is 4. The van der Waals surface area contributed by atoms with Crippen LogP contribution in [-0.2, 0) is 14.3 Å². The zero-order valence-corrected chi connectivity index (χ0v) is 16.6.